The first-order valence-corrected chi connectivity index (χ1v) is 11.3. The normalized spacial score (nSPS) is 16.7. The van der Waals surface area contributed by atoms with Gasteiger partial charge in [-0.15, -0.1) is 0 Å². The molecule has 2 N–H and O–H groups in total. The molecule has 0 saturated carbocycles. The maximum atomic E-state index is 12.6. The monoisotopic (exact) mass is 441 g/mol. The van der Waals surface area contributed by atoms with Crippen LogP contribution >= 0.6 is 0 Å². The fourth-order valence-electron chi connectivity index (χ4n) is 4.43. The van der Waals surface area contributed by atoms with Gasteiger partial charge < -0.3 is 15.0 Å². The number of rotatable bonds is 7. The number of aromatic nitrogens is 2. The van der Waals surface area contributed by atoms with Crippen LogP contribution in [0.5, 0.6) is 0 Å². The van der Waals surface area contributed by atoms with Crippen molar-refractivity contribution < 1.29 is 9.59 Å². The zero-order valence-corrected chi connectivity index (χ0v) is 18.4. The van der Waals surface area contributed by atoms with Crippen molar-refractivity contribution in [2.24, 2.45) is 0 Å². The first-order valence-electron chi connectivity index (χ1n) is 11.3. The van der Waals surface area contributed by atoms with Gasteiger partial charge >= 0.3 is 0 Å². The van der Waals surface area contributed by atoms with Gasteiger partial charge in [-0.3, -0.25) is 14.5 Å². The van der Waals surface area contributed by atoms with E-state index in [0.29, 0.717) is 26.1 Å². The van der Waals surface area contributed by atoms with Crippen LogP contribution in [-0.2, 0) is 22.6 Å². The van der Waals surface area contributed by atoms with Crippen LogP contribution in [0, 0.1) is 0 Å². The molecule has 0 spiro atoms. The molecule has 5 rings (SSSR count). The Morgan fingerprint density at radius 1 is 1.09 bits per heavy atom. The Morgan fingerprint density at radius 2 is 1.94 bits per heavy atom. The molecule has 0 aliphatic carbocycles. The van der Waals surface area contributed by atoms with Crippen molar-refractivity contribution >= 4 is 28.2 Å². The van der Waals surface area contributed by atoms with Gasteiger partial charge in [-0.2, -0.15) is 0 Å². The Hall–Kier alpha value is -3.71. The van der Waals surface area contributed by atoms with Crippen LogP contribution < -0.4 is 10.6 Å². The first kappa shape index (κ1) is 21.2. The summed E-state index contributed by atoms with van der Waals surface area (Å²) in [7, 11) is 0. The van der Waals surface area contributed by atoms with Crippen molar-refractivity contribution in [1.82, 2.24) is 24.9 Å². The molecule has 168 valence electrons. The molecule has 1 saturated heterocycles. The van der Waals surface area contributed by atoms with Crippen LogP contribution in [0.3, 0.4) is 0 Å². The summed E-state index contributed by atoms with van der Waals surface area (Å²) in [6.45, 7) is 2.44. The second-order valence-corrected chi connectivity index (χ2v) is 8.46. The summed E-state index contributed by atoms with van der Waals surface area (Å²) < 4.78 is 1.97. The minimum Gasteiger partial charge on any atom is -0.356 e. The molecule has 2 amide bonds. The molecular formula is C26H27N5O2. The summed E-state index contributed by atoms with van der Waals surface area (Å²) in [5, 5.41) is 8.24. The highest BCUT2D eigenvalue weighted by molar-refractivity contribution is 5.89. The fraction of sp³-hybridized carbons (Fsp3) is 0.269. The van der Waals surface area contributed by atoms with Crippen LogP contribution in [0.2, 0.25) is 0 Å². The van der Waals surface area contributed by atoms with Gasteiger partial charge in [0.2, 0.25) is 11.8 Å². The Balaban J connectivity index is 1.19. The first-order chi connectivity index (χ1) is 16.2. The minimum absolute atomic E-state index is 0.0856. The quantitative estimate of drug-likeness (QED) is 0.462. The van der Waals surface area contributed by atoms with Gasteiger partial charge in [-0.1, -0.05) is 42.5 Å². The third-order valence-corrected chi connectivity index (χ3v) is 6.14. The molecule has 33 heavy (non-hydrogen) atoms. The van der Waals surface area contributed by atoms with E-state index in [-0.39, 0.29) is 18.2 Å². The summed E-state index contributed by atoms with van der Waals surface area (Å²) in [4.78, 5) is 31.9. The van der Waals surface area contributed by atoms with E-state index in [1.54, 1.807) is 0 Å². The molecule has 4 aromatic rings. The molecule has 7 nitrogen and oxygen atoms in total. The number of piperazine rings is 1. The topological polar surface area (TPSA) is 78.7 Å². The second kappa shape index (κ2) is 9.42. The van der Waals surface area contributed by atoms with Crippen molar-refractivity contribution in [2.45, 2.75) is 25.4 Å². The number of hydrogen-bond donors (Lipinski definition) is 2. The summed E-state index contributed by atoms with van der Waals surface area (Å²) >= 11 is 0. The van der Waals surface area contributed by atoms with E-state index in [0.717, 1.165) is 23.4 Å². The van der Waals surface area contributed by atoms with Crippen LogP contribution in [0.25, 0.3) is 16.4 Å². The lowest BCUT2D eigenvalue weighted by Gasteiger charge is -2.34. The molecule has 1 aliphatic rings. The van der Waals surface area contributed by atoms with Crippen LogP contribution in [0.15, 0.2) is 73.1 Å². The van der Waals surface area contributed by atoms with Crippen molar-refractivity contribution in [3.63, 3.8) is 0 Å². The number of fused-ring (bicyclic) bond motifs is 2. The maximum absolute atomic E-state index is 12.6. The molecule has 3 heterocycles. The zero-order valence-electron chi connectivity index (χ0n) is 18.4. The Morgan fingerprint density at radius 3 is 2.82 bits per heavy atom. The van der Waals surface area contributed by atoms with E-state index >= 15 is 0 Å². The highest BCUT2D eigenvalue weighted by Crippen LogP contribution is 2.19. The van der Waals surface area contributed by atoms with Gasteiger partial charge in [0.25, 0.3) is 0 Å². The van der Waals surface area contributed by atoms with Crippen LogP contribution in [0.4, 0.5) is 0 Å². The predicted octanol–water partition coefficient (Wildman–Crippen LogP) is 2.54. The Kier molecular flexibility index (Phi) is 6.04. The number of amides is 2. The number of nitrogens with one attached hydrogen (secondary N) is 2. The van der Waals surface area contributed by atoms with Gasteiger partial charge in [0.1, 0.15) is 5.65 Å². The van der Waals surface area contributed by atoms with Crippen molar-refractivity contribution in [2.75, 3.05) is 19.6 Å². The molecule has 0 unspecified atom stereocenters. The van der Waals surface area contributed by atoms with E-state index in [2.05, 4.69) is 50.8 Å². The molecule has 1 atom stereocenters. The highest BCUT2D eigenvalue weighted by Gasteiger charge is 2.31. The molecule has 0 radical (unpaired) electrons. The molecule has 1 fully saturated rings. The lowest BCUT2D eigenvalue weighted by atomic mass is 10.0. The van der Waals surface area contributed by atoms with Crippen molar-refractivity contribution in [1.29, 1.82) is 0 Å². The molecule has 1 aliphatic heterocycles. The summed E-state index contributed by atoms with van der Waals surface area (Å²) in [5.41, 5.74) is 2.96. The second-order valence-electron chi connectivity index (χ2n) is 8.46. The number of pyridine rings is 1. The smallest absolute Gasteiger partial charge is 0.237 e. The van der Waals surface area contributed by atoms with Crippen LogP contribution in [-0.4, -0.2) is 51.8 Å². The number of carbonyl (C=O) groups is 2. The lowest BCUT2D eigenvalue weighted by Crippen LogP contribution is -2.56. The average Bonchev–Trinajstić information content (AvgIpc) is 3.24. The third-order valence-electron chi connectivity index (χ3n) is 6.14. The van der Waals surface area contributed by atoms with Gasteiger partial charge in [-0.25, -0.2) is 4.98 Å². The van der Waals surface area contributed by atoms with E-state index in [1.807, 2.05) is 47.1 Å². The summed E-state index contributed by atoms with van der Waals surface area (Å²) in [6.07, 6.45) is 4.72. The average molecular weight is 442 g/mol. The van der Waals surface area contributed by atoms with Gasteiger partial charge in [0.15, 0.2) is 0 Å². The number of nitrogens with zero attached hydrogens (tertiary/aromatic N) is 3. The number of carbonyl (C=O) groups excluding carboxylic acids is 2. The minimum atomic E-state index is -0.472. The van der Waals surface area contributed by atoms with Crippen molar-refractivity contribution in [3.8, 4) is 0 Å². The fourth-order valence-corrected chi connectivity index (χ4v) is 4.43. The van der Waals surface area contributed by atoms with Crippen LogP contribution in [0.1, 0.15) is 17.7 Å². The van der Waals surface area contributed by atoms with E-state index < -0.39 is 6.04 Å². The largest absolute Gasteiger partial charge is 0.356 e. The number of hydrogen-bond acceptors (Lipinski definition) is 4. The summed E-state index contributed by atoms with van der Waals surface area (Å²) in [5.74, 6) is -0.207. The number of benzene rings is 2. The zero-order chi connectivity index (χ0) is 22.6. The predicted molar refractivity (Wildman–Crippen MR) is 128 cm³/mol. The Labute approximate surface area is 192 Å². The molecule has 0 bridgehead atoms. The van der Waals surface area contributed by atoms with Gasteiger partial charge in [-0.05, 0) is 34.5 Å². The Bertz CT molecular complexity index is 1270. The number of imidazole rings is 1. The highest BCUT2D eigenvalue weighted by atomic mass is 16.2. The standard InChI is InChI=1S/C26H27N5O2/c32-25(27-11-10-22-18-31-13-4-3-7-24(31)29-22)16-23-26(33)28-12-14-30(23)17-19-8-9-20-5-1-2-6-21(20)15-19/h1-9,13,15,18,23H,10-12,14,16-17H2,(H,27,32)(H,28,33)/t23-/m0/s1. The maximum Gasteiger partial charge on any atom is 0.237 e. The SMILES string of the molecule is O=C(C[C@H]1C(=O)NCCN1Cc1ccc2ccccc2c1)NCCc1cn2ccccc2n1. The lowest BCUT2D eigenvalue weighted by molar-refractivity contribution is -0.134. The molecular weight excluding hydrogens is 414 g/mol. The van der Waals surface area contributed by atoms with E-state index in [9.17, 15) is 9.59 Å². The molecule has 2 aromatic carbocycles. The molecule has 7 heteroatoms. The van der Waals surface area contributed by atoms with Gasteiger partial charge in [0, 0.05) is 45.0 Å². The summed E-state index contributed by atoms with van der Waals surface area (Å²) in [6, 6.07) is 20.0. The third kappa shape index (κ3) is 4.88. The van der Waals surface area contributed by atoms with E-state index in [1.165, 1.54) is 10.8 Å². The van der Waals surface area contributed by atoms with E-state index in [4.69, 9.17) is 0 Å². The van der Waals surface area contributed by atoms with Gasteiger partial charge in [0.05, 0.1) is 18.2 Å². The molecule has 2 aromatic heterocycles. The van der Waals surface area contributed by atoms with Crippen molar-refractivity contribution in [3.05, 3.63) is 84.3 Å².